The van der Waals surface area contributed by atoms with Gasteiger partial charge in [-0.15, -0.1) is 0 Å². The zero-order valence-corrected chi connectivity index (χ0v) is 13.3. The van der Waals surface area contributed by atoms with E-state index in [9.17, 15) is 9.59 Å². The van der Waals surface area contributed by atoms with E-state index < -0.39 is 23.1 Å². The standard InChI is InChI=1S/C14H26O6/c1-7-13(3,4)19-17-11(15)9-10-12(16)18-20-14(5,6)8-2/h7-10H2,1-6H3. The van der Waals surface area contributed by atoms with Crippen LogP contribution in [0.1, 0.15) is 67.2 Å². The summed E-state index contributed by atoms with van der Waals surface area (Å²) in [7, 11) is 0. The first kappa shape index (κ1) is 18.9. The molecule has 6 heteroatoms. The van der Waals surface area contributed by atoms with E-state index in [2.05, 4.69) is 9.78 Å². The van der Waals surface area contributed by atoms with Crippen LogP contribution in [-0.2, 0) is 29.1 Å². The summed E-state index contributed by atoms with van der Waals surface area (Å²) in [5, 5.41) is 0. The first-order chi connectivity index (χ1) is 9.12. The summed E-state index contributed by atoms with van der Waals surface area (Å²) < 4.78 is 0. The predicted molar refractivity (Wildman–Crippen MR) is 72.3 cm³/mol. The van der Waals surface area contributed by atoms with E-state index in [1.807, 2.05) is 13.8 Å². The van der Waals surface area contributed by atoms with Gasteiger partial charge in [-0.2, -0.15) is 9.78 Å². The molecule has 0 spiro atoms. The summed E-state index contributed by atoms with van der Waals surface area (Å²) in [5.74, 6) is -1.23. The van der Waals surface area contributed by atoms with E-state index in [0.717, 1.165) is 0 Å². The summed E-state index contributed by atoms with van der Waals surface area (Å²) in [6.07, 6.45) is 1.16. The predicted octanol–water partition coefficient (Wildman–Crippen LogP) is 3.09. The van der Waals surface area contributed by atoms with Gasteiger partial charge in [0.1, 0.15) is 11.2 Å². The number of carbonyl (C=O) groups is 2. The zero-order chi connectivity index (χ0) is 15.8. The largest absolute Gasteiger partial charge is 0.342 e. The number of hydrogen-bond acceptors (Lipinski definition) is 6. The number of hydrogen-bond donors (Lipinski definition) is 0. The molecule has 6 nitrogen and oxygen atoms in total. The van der Waals surface area contributed by atoms with Gasteiger partial charge in [0.2, 0.25) is 0 Å². The molecule has 0 unspecified atom stereocenters. The van der Waals surface area contributed by atoms with Gasteiger partial charge in [0.05, 0.1) is 12.8 Å². The van der Waals surface area contributed by atoms with E-state index in [4.69, 9.17) is 9.78 Å². The third-order valence-electron chi connectivity index (χ3n) is 2.96. The quantitative estimate of drug-likeness (QED) is 0.480. The summed E-state index contributed by atoms with van der Waals surface area (Å²) in [6.45, 7) is 11.0. The third-order valence-corrected chi connectivity index (χ3v) is 2.96. The maximum atomic E-state index is 11.4. The average molecular weight is 290 g/mol. The molecule has 118 valence electrons. The molecule has 0 aromatic rings. The Morgan fingerprint density at radius 3 is 1.30 bits per heavy atom. The van der Waals surface area contributed by atoms with Crippen molar-refractivity contribution in [3.05, 3.63) is 0 Å². The monoisotopic (exact) mass is 290 g/mol. The van der Waals surface area contributed by atoms with Crippen molar-refractivity contribution < 1.29 is 29.1 Å². The first-order valence-electron chi connectivity index (χ1n) is 6.89. The molecule has 0 amide bonds. The van der Waals surface area contributed by atoms with Crippen LogP contribution in [-0.4, -0.2) is 23.1 Å². The number of rotatable bonds is 9. The number of carbonyl (C=O) groups excluding carboxylic acids is 2. The van der Waals surface area contributed by atoms with Gasteiger partial charge in [0, 0.05) is 0 Å². The SMILES string of the molecule is CCC(C)(C)OOC(=O)CCC(=O)OOC(C)(C)CC. The van der Waals surface area contributed by atoms with Crippen molar-refractivity contribution in [1.29, 1.82) is 0 Å². The van der Waals surface area contributed by atoms with Crippen LogP contribution in [0.5, 0.6) is 0 Å². The fraction of sp³-hybridized carbons (Fsp3) is 0.857. The Bertz CT molecular complexity index is 290. The van der Waals surface area contributed by atoms with E-state index in [1.54, 1.807) is 27.7 Å². The lowest BCUT2D eigenvalue weighted by atomic mass is 10.1. The molecule has 0 saturated carbocycles. The molecule has 0 radical (unpaired) electrons. The maximum Gasteiger partial charge on any atom is 0.342 e. The normalized spacial score (nSPS) is 12.1. The molecular weight excluding hydrogens is 264 g/mol. The van der Waals surface area contributed by atoms with Crippen LogP contribution in [0.4, 0.5) is 0 Å². The lowest BCUT2D eigenvalue weighted by molar-refractivity contribution is -0.329. The van der Waals surface area contributed by atoms with Crippen molar-refractivity contribution in [2.45, 2.75) is 78.4 Å². The second kappa shape index (κ2) is 8.21. The van der Waals surface area contributed by atoms with Crippen molar-refractivity contribution in [2.75, 3.05) is 0 Å². The maximum absolute atomic E-state index is 11.4. The topological polar surface area (TPSA) is 71.1 Å². The van der Waals surface area contributed by atoms with Crippen molar-refractivity contribution in [3.63, 3.8) is 0 Å². The summed E-state index contributed by atoms with van der Waals surface area (Å²) >= 11 is 0. The second-order valence-electron chi connectivity index (χ2n) is 5.80. The van der Waals surface area contributed by atoms with E-state index >= 15 is 0 Å². The Hall–Kier alpha value is -1.14. The van der Waals surface area contributed by atoms with Gasteiger partial charge in [-0.05, 0) is 40.5 Å². The Morgan fingerprint density at radius 1 is 0.750 bits per heavy atom. The minimum atomic E-state index is -0.613. The zero-order valence-electron chi connectivity index (χ0n) is 13.3. The molecule has 0 aromatic heterocycles. The Labute approximate surface area is 120 Å². The van der Waals surface area contributed by atoms with Crippen LogP contribution in [0.3, 0.4) is 0 Å². The van der Waals surface area contributed by atoms with Crippen molar-refractivity contribution in [3.8, 4) is 0 Å². The second-order valence-corrected chi connectivity index (χ2v) is 5.80. The minimum Gasteiger partial charge on any atom is -0.298 e. The highest BCUT2D eigenvalue weighted by atomic mass is 17.2. The molecule has 0 N–H and O–H groups in total. The van der Waals surface area contributed by atoms with Crippen LogP contribution >= 0.6 is 0 Å². The molecule has 0 atom stereocenters. The Balaban J connectivity index is 3.87. The third kappa shape index (κ3) is 8.87. The van der Waals surface area contributed by atoms with Crippen LogP contribution < -0.4 is 0 Å². The van der Waals surface area contributed by atoms with E-state index in [-0.39, 0.29) is 12.8 Å². The molecule has 0 aliphatic carbocycles. The van der Waals surface area contributed by atoms with Gasteiger partial charge < -0.3 is 0 Å². The Morgan fingerprint density at radius 2 is 1.05 bits per heavy atom. The summed E-state index contributed by atoms with van der Waals surface area (Å²) in [4.78, 5) is 41.9. The minimum absolute atomic E-state index is 0.117. The van der Waals surface area contributed by atoms with E-state index in [0.29, 0.717) is 12.8 Å². The molecule has 0 rings (SSSR count). The first-order valence-corrected chi connectivity index (χ1v) is 6.89. The fourth-order valence-corrected chi connectivity index (χ4v) is 0.724. The fourth-order valence-electron chi connectivity index (χ4n) is 0.724. The van der Waals surface area contributed by atoms with Crippen molar-refractivity contribution >= 4 is 11.9 Å². The van der Waals surface area contributed by atoms with Gasteiger partial charge in [-0.25, -0.2) is 9.59 Å². The van der Waals surface area contributed by atoms with Crippen LogP contribution in [0.15, 0.2) is 0 Å². The molecule has 20 heavy (non-hydrogen) atoms. The molecule has 0 aliphatic rings. The molecule has 0 saturated heterocycles. The van der Waals surface area contributed by atoms with Gasteiger partial charge in [-0.1, -0.05) is 13.8 Å². The molecule has 0 bridgehead atoms. The highest BCUT2D eigenvalue weighted by molar-refractivity contribution is 5.77. The highest BCUT2D eigenvalue weighted by Gasteiger charge is 2.22. The van der Waals surface area contributed by atoms with Gasteiger partial charge >= 0.3 is 11.9 Å². The summed E-state index contributed by atoms with van der Waals surface area (Å²) in [5.41, 5.74) is -1.07. The summed E-state index contributed by atoms with van der Waals surface area (Å²) in [6, 6.07) is 0. The van der Waals surface area contributed by atoms with Crippen molar-refractivity contribution in [1.82, 2.24) is 0 Å². The van der Waals surface area contributed by atoms with Crippen LogP contribution in [0.2, 0.25) is 0 Å². The van der Waals surface area contributed by atoms with Gasteiger partial charge in [-0.3, -0.25) is 9.78 Å². The molecule has 0 heterocycles. The molecule has 0 fully saturated rings. The van der Waals surface area contributed by atoms with Crippen molar-refractivity contribution in [2.24, 2.45) is 0 Å². The Kier molecular flexibility index (Phi) is 7.75. The van der Waals surface area contributed by atoms with Crippen LogP contribution in [0, 0.1) is 0 Å². The molecular formula is C14H26O6. The molecule has 0 aromatic carbocycles. The average Bonchev–Trinajstić information content (AvgIpc) is 2.40. The van der Waals surface area contributed by atoms with Gasteiger partial charge in [0.25, 0.3) is 0 Å². The van der Waals surface area contributed by atoms with E-state index in [1.165, 1.54) is 0 Å². The lowest BCUT2D eigenvalue weighted by Gasteiger charge is -2.21. The smallest absolute Gasteiger partial charge is 0.298 e. The highest BCUT2D eigenvalue weighted by Crippen LogP contribution is 2.15. The molecule has 0 aliphatic heterocycles. The van der Waals surface area contributed by atoms with Crippen LogP contribution in [0.25, 0.3) is 0 Å². The lowest BCUT2D eigenvalue weighted by Crippen LogP contribution is -2.26. The van der Waals surface area contributed by atoms with Gasteiger partial charge in [0.15, 0.2) is 0 Å².